The van der Waals surface area contributed by atoms with Gasteiger partial charge in [-0.2, -0.15) is 0 Å². The molecule has 2 aliphatic rings. The maximum Gasteiger partial charge on any atom is 0.222 e. The smallest absolute Gasteiger partial charge is 0.222 e. The number of para-hydroxylation sites is 1. The lowest BCUT2D eigenvalue weighted by atomic mass is 10.0. The van der Waals surface area contributed by atoms with E-state index in [4.69, 9.17) is 14.7 Å². The summed E-state index contributed by atoms with van der Waals surface area (Å²) < 4.78 is 5.40. The Hall–Kier alpha value is -2.67. The van der Waals surface area contributed by atoms with Gasteiger partial charge in [0.2, 0.25) is 5.91 Å². The van der Waals surface area contributed by atoms with Gasteiger partial charge in [0.05, 0.1) is 12.8 Å². The Morgan fingerprint density at radius 3 is 2.90 bits per heavy atom. The van der Waals surface area contributed by atoms with Crippen LogP contribution in [0, 0.1) is 0 Å². The summed E-state index contributed by atoms with van der Waals surface area (Å²) in [6, 6.07) is 7.90. The second kappa shape index (κ2) is 9.00. The van der Waals surface area contributed by atoms with E-state index in [0.717, 1.165) is 61.1 Å². The monoisotopic (exact) mass is 409 g/mol. The summed E-state index contributed by atoms with van der Waals surface area (Å²) >= 11 is 0. The maximum atomic E-state index is 12.8. The van der Waals surface area contributed by atoms with Crippen LogP contribution >= 0.6 is 0 Å². The molecule has 7 heteroatoms. The number of carbonyl (C=O) groups excluding carboxylic acids is 1. The van der Waals surface area contributed by atoms with Gasteiger partial charge in [0.15, 0.2) is 0 Å². The lowest BCUT2D eigenvalue weighted by molar-refractivity contribution is -0.130. The van der Waals surface area contributed by atoms with Crippen molar-refractivity contribution in [1.29, 1.82) is 0 Å². The normalized spacial score (nSPS) is 18.9. The molecule has 2 aromatic rings. The Bertz CT molecular complexity index is 899. The van der Waals surface area contributed by atoms with Crippen LogP contribution in [0.5, 0.6) is 5.75 Å². The number of aryl methyl sites for hydroxylation is 1. The van der Waals surface area contributed by atoms with Crippen molar-refractivity contribution < 1.29 is 9.53 Å². The first-order valence-electron chi connectivity index (χ1n) is 10.7. The lowest BCUT2D eigenvalue weighted by Crippen LogP contribution is -2.30. The van der Waals surface area contributed by atoms with Gasteiger partial charge in [0.1, 0.15) is 17.4 Å². The molecule has 1 amide bonds. The van der Waals surface area contributed by atoms with E-state index in [1.165, 1.54) is 5.56 Å². The van der Waals surface area contributed by atoms with Crippen molar-refractivity contribution >= 4 is 11.7 Å². The molecule has 1 atom stereocenters. The Morgan fingerprint density at radius 1 is 1.27 bits per heavy atom. The molecule has 7 nitrogen and oxygen atoms in total. The topological polar surface area (TPSA) is 70.6 Å². The van der Waals surface area contributed by atoms with Crippen molar-refractivity contribution in [3.63, 3.8) is 0 Å². The number of carbonyl (C=O) groups is 1. The fourth-order valence-corrected chi connectivity index (χ4v) is 4.46. The average Bonchev–Trinajstić information content (AvgIpc) is 3.27. The molecular formula is C23H31N5O2. The number of anilines is 1. The molecule has 2 aliphatic heterocycles. The highest BCUT2D eigenvalue weighted by atomic mass is 16.5. The molecule has 0 bridgehead atoms. The number of hydrogen-bond acceptors (Lipinski definition) is 6. The first-order chi connectivity index (χ1) is 14.6. The van der Waals surface area contributed by atoms with E-state index in [9.17, 15) is 4.79 Å². The molecule has 0 radical (unpaired) electrons. The van der Waals surface area contributed by atoms with E-state index in [0.29, 0.717) is 19.4 Å². The van der Waals surface area contributed by atoms with Gasteiger partial charge < -0.3 is 19.9 Å². The zero-order chi connectivity index (χ0) is 21.1. The number of aromatic nitrogens is 2. The Balaban J connectivity index is 1.41. The van der Waals surface area contributed by atoms with Gasteiger partial charge in [-0.25, -0.2) is 9.97 Å². The van der Waals surface area contributed by atoms with E-state index < -0.39 is 0 Å². The van der Waals surface area contributed by atoms with Crippen molar-refractivity contribution in [2.24, 2.45) is 0 Å². The van der Waals surface area contributed by atoms with Gasteiger partial charge in [-0.05, 0) is 31.5 Å². The van der Waals surface area contributed by atoms with E-state index in [2.05, 4.69) is 17.3 Å². The van der Waals surface area contributed by atoms with Crippen molar-refractivity contribution in [1.82, 2.24) is 19.8 Å². The third kappa shape index (κ3) is 4.26. The van der Waals surface area contributed by atoms with Crippen LogP contribution in [0.2, 0.25) is 0 Å². The Labute approximate surface area is 178 Å². The number of rotatable bonds is 6. The van der Waals surface area contributed by atoms with Crippen LogP contribution < -0.4 is 10.1 Å². The molecule has 1 saturated heterocycles. The number of fused-ring (bicyclic) bond motifs is 1. The van der Waals surface area contributed by atoms with Crippen molar-refractivity contribution in [3.05, 3.63) is 46.9 Å². The molecule has 1 N–H and O–H groups in total. The van der Waals surface area contributed by atoms with E-state index in [-0.39, 0.29) is 11.8 Å². The summed E-state index contributed by atoms with van der Waals surface area (Å²) in [7, 11) is 5.72. The molecule has 1 fully saturated rings. The number of methoxy groups -OCH3 is 1. The second-order valence-electron chi connectivity index (χ2n) is 8.23. The number of nitrogens with one attached hydrogen (secondary N) is 1. The largest absolute Gasteiger partial charge is 0.496 e. The molecular weight excluding hydrogens is 378 g/mol. The van der Waals surface area contributed by atoms with Crippen LogP contribution in [-0.2, 0) is 24.2 Å². The Morgan fingerprint density at radius 2 is 2.10 bits per heavy atom. The van der Waals surface area contributed by atoms with E-state index in [1.807, 2.05) is 36.2 Å². The number of amides is 1. The third-order valence-corrected chi connectivity index (χ3v) is 6.21. The summed E-state index contributed by atoms with van der Waals surface area (Å²) in [5, 5.41) is 3.25. The zero-order valence-electron chi connectivity index (χ0n) is 18.1. The summed E-state index contributed by atoms with van der Waals surface area (Å²) in [4.78, 5) is 26.8. The van der Waals surface area contributed by atoms with Gasteiger partial charge in [0, 0.05) is 57.5 Å². The highest BCUT2D eigenvalue weighted by Crippen LogP contribution is 2.30. The van der Waals surface area contributed by atoms with Crippen molar-refractivity contribution in [2.45, 2.75) is 38.1 Å². The number of likely N-dealkylation sites (N-methyl/N-ethyl adjacent to an activating group) is 1. The van der Waals surface area contributed by atoms with Crippen LogP contribution in [0.3, 0.4) is 0 Å². The first kappa shape index (κ1) is 20.6. The standard InChI is InChI=1S/C23H31N5O2/c1-24-23-18-15-27(2)12-11-19(18)25-22(26-23)17-10-13-28(14-17)21(29)9-8-16-6-4-5-7-20(16)30-3/h4-7,17H,8-15H2,1-3H3,(H,24,25,26)/t17-/m1/s1. The lowest BCUT2D eigenvalue weighted by Gasteiger charge is -2.26. The summed E-state index contributed by atoms with van der Waals surface area (Å²) in [5.41, 5.74) is 3.44. The fraction of sp³-hybridized carbons (Fsp3) is 0.522. The van der Waals surface area contributed by atoms with Gasteiger partial charge in [0.25, 0.3) is 0 Å². The third-order valence-electron chi connectivity index (χ3n) is 6.21. The van der Waals surface area contributed by atoms with Crippen molar-refractivity contribution in [2.75, 3.05) is 46.2 Å². The second-order valence-corrected chi connectivity index (χ2v) is 8.23. The van der Waals surface area contributed by atoms with Gasteiger partial charge in [-0.1, -0.05) is 18.2 Å². The van der Waals surface area contributed by atoms with Crippen LogP contribution in [0.15, 0.2) is 24.3 Å². The van der Waals surface area contributed by atoms with Crippen LogP contribution in [0.25, 0.3) is 0 Å². The number of ether oxygens (including phenoxy) is 1. The highest BCUT2D eigenvalue weighted by molar-refractivity contribution is 5.77. The summed E-state index contributed by atoms with van der Waals surface area (Å²) in [6.07, 6.45) is 3.05. The van der Waals surface area contributed by atoms with Crippen LogP contribution in [-0.4, -0.2) is 66.5 Å². The average molecular weight is 410 g/mol. The quantitative estimate of drug-likeness (QED) is 0.790. The SMILES string of the molecule is CNc1nc([C@@H]2CCN(C(=O)CCc3ccccc3OC)C2)nc2c1CN(C)CC2. The summed E-state index contributed by atoms with van der Waals surface area (Å²) in [6.45, 7) is 3.37. The molecule has 0 aliphatic carbocycles. The minimum atomic E-state index is 0.192. The van der Waals surface area contributed by atoms with Crippen LogP contribution in [0.4, 0.5) is 5.82 Å². The van der Waals surface area contributed by atoms with E-state index in [1.54, 1.807) is 7.11 Å². The predicted octanol–water partition coefficient (Wildman–Crippen LogP) is 2.46. The molecule has 0 unspecified atom stereocenters. The minimum absolute atomic E-state index is 0.192. The molecule has 4 rings (SSSR count). The van der Waals surface area contributed by atoms with Gasteiger partial charge in [-0.3, -0.25) is 4.79 Å². The molecule has 1 aromatic heterocycles. The highest BCUT2D eigenvalue weighted by Gasteiger charge is 2.31. The molecule has 0 spiro atoms. The minimum Gasteiger partial charge on any atom is -0.496 e. The Kier molecular flexibility index (Phi) is 6.18. The number of benzene rings is 1. The molecule has 160 valence electrons. The fourth-order valence-electron chi connectivity index (χ4n) is 4.46. The number of hydrogen-bond donors (Lipinski definition) is 1. The maximum absolute atomic E-state index is 12.8. The number of likely N-dealkylation sites (tertiary alicyclic amines) is 1. The van der Waals surface area contributed by atoms with Gasteiger partial charge >= 0.3 is 0 Å². The number of nitrogens with zero attached hydrogens (tertiary/aromatic N) is 4. The first-order valence-corrected chi connectivity index (χ1v) is 10.7. The predicted molar refractivity (Wildman–Crippen MR) is 117 cm³/mol. The van der Waals surface area contributed by atoms with E-state index >= 15 is 0 Å². The van der Waals surface area contributed by atoms with Crippen molar-refractivity contribution in [3.8, 4) is 5.75 Å². The van der Waals surface area contributed by atoms with Gasteiger partial charge in [-0.15, -0.1) is 0 Å². The molecule has 30 heavy (non-hydrogen) atoms. The molecule has 3 heterocycles. The summed E-state index contributed by atoms with van der Waals surface area (Å²) in [5.74, 6) is 3.05. The molecule has 0 saturated carbocycles. The molecule has 1 aromatic carbocycles. The zero-order valence-corrected chi connectivity index (χ0v) is 18.1. The van der Waals surface area contributed by atoms with Crippen LogP contribution in [0.1, 0.15) is 41.4 Å².